The van der Waals surface area contributed by atoms with Gasteiger partial charge in [0.1, 0.15) is 11.6 Å². The molecule has 0 saturated heterocycles. The third-order valence-corrected chi connectivity index (χ3v) is 3.35. The molecule has 8 heteroatoms. The van der Waals surface area contributed by atoms with E-state index in [1.54, 1.807) is 20.0 Å². The molecule has 114 valence electrons. The molecule has 22 heavy (non-hydrogen) atoms. The molecule has 0 spiro atoms. The van der Waals surface area contributed by atoms with Crippen molar-refractivity contribution in [1.82, 2.24) is 0 Å². The second kappa shape index (κ2) is 5.83. The van der Waals surface area contributed by atoms with Crippen molar-refractivity contribution in [3.63, 3.8) is 0 Å². The normalized spacial score (nSPS) is 18.5. The van der Waals surface area contributed by atoms with Gasteiger partial charge in [-0.05, 0) is 13.0 Å². The Hall–Kier alpha value is -2.92. The van der Waals surface area contributed by atoms with E-state index in [1.807, 2.05) is 0 Å². The molecule has 1 N–H and O–H groups in total. The monoisotopic (exact) mass is 303 g/mol. The Morgan fingerprint density at radius 3 is 2.82 bits per heavy atom. The summed E-state index contributed by atoms with van der Waals surface area (Å²) in [4.78, 5) is 23.6. The van der Waals surface area contributed by atoms with Gasteiger partial charge in [0, 0.05) is 36.0 Å². The number of nitro groups is 1. The Labute approximate surface area is 126 Å². The third kappa shape index (κ3) is 2.38. The molecule has 1 aromatic rings. The molecule has 1 aromatic carbocycles. The minimum absolute atomic E-state index is 0.0159. The van der Waals surface area contributed by atoms with Gasteiger partial charge in [-0.15, -0.1) is 0 Å². The molecule has 0 radical (unpaired) electrons. The molecular weight excluding hydrogens is 290 g/mol. The van der Waals surface area contributed by atoms with Crippen LogP contribution in [0.2, 0.25) is 0 Å². The van der Waals surface area contributed by atoms with Crippen molar-refractivity contribution in [3.05, 3.63) is 39.4 Å². The highest BCUT2D eigenvalue weighted by Gasteiger charge is 2.36. The van der Waals surface area contributed by atoms with Crippen molar-refractivity contribution in [2.45, 2.75) is 13.2 Å². The van der Waals surface area contributed by atoms with Crippen LogP contribution in [-0.4, -0.2) is 35.9 Å². The van der Waals surface area contributed by atoms with Gasteiger partial charge in [0.2, 0.25) is 0 Å². The summed E-state index contributed by atoms with van der Waals surface area (Å²) in [6.07, 6.45) is -1.25. The van der Waals surface area contributed by atoms with Crippen LogP contribution in [0.4, 0.5) is 11.4 Å². The van der Waals surface area contributed by atoms with Gasteiger partial charge in [0.25, 0.3) is 5.69 Å². The average molecular weight is 303 g/mol. The number of rotatable bonds is 3. The lowest BCUT2D eigenvalue weighted by molar-refractivity contribution is -0.384. The van der Waals surface area contributed by atoms with E-state index >= 15 is 0 Å². The van der Waals surface area contributed by atoms with Crippen LogP contribution < -0.4 is 4.90 Å². The maximum Gasteiger partial charge on any atom is 0.349 e. The topological polar surface area (TPSA) is 117 Å². The van der Waals surface area contributed by atoms with Crippen LogP contribution in [0.25, 0.3) is 5.57 Å². The lowest BCUT2D eigenvalue weighted by Crippen LogP contribution is -2.27. The van der Waals surface area contributed by atoms with E-state index in [9.17, 15) is 25.3 Å². The SMILES string of the molecule is CCOC(=O)/C(C#N)=C1/c2cc([N+](=O)[O-])ccc2N(C)C1O. The minimum Gasteiger partial charge on any atom is -0.462 e. The number of non-ortho nitro benzene ring substituents is 1. The van der Waals surface area contributed by atoms with Gasteiger partial charge in [-0.3, -0.25) is 10.1 Å². The lowest BCUT2D eigenvalue weighted by atomic mass is 10.0. The molecule has 1 aliphatic heterocycles. The number of nitrogens with zero attached hydrogens (tertiary/aromatic N) is 3. The zero-order valence-corrected chi connectivity index (χ0v) is 11.9. The molecule has 0 aromatic heterocycles. The number of hydrogen-bond acceptors (Lipinski definition) is 7. The van der Waals surface area contributed by atoms with E-state index in [2.05, 4.69) is 0 Å². The molecule has 8 nitrogen and oxygen atoms in total. The highest BCUT2D eigenvalue weighted by Crippen LogP contribution is 2.41. The predicted octanol–water partition coefficient (Wildman–Crippen LogP) is 1.20. The predicted molar refractivity (Wildman–Crippen MR) is 76.7 cm³/mol. The Bertz CT molecular complexity index is 720. The molecule has 0 bridgehead atoms. The number of nitro benzene ring substituents is 1. The molecule has 1 atom stereocenters. The first-order valence-electron chi connectivity index (χ1n) is 6.43. The van der Waals surface area contributed by atoms with E-state index in [0.29, 0.717) is 5.69 Å². The van der Waals surface area contributed by atoms with Crippen LogP contribution in [0.5, 0.6) is 0 Å². The largest absolute Gasteiger partial charge is 0.462 e. The van der Waals surface area contributed by atoms with Crippen molar-refractivity contribution in [2.75, 3.05) is 18.6 Å². The third-order valence-electron chi connectivity index (χ3n) is 3.35. The number of ether oxygens (including phenoxy) is 1. The first-order chi connectivity index (χ1) is 10.4. The molecule has 0 saturated carbocycles. The quantitative estimate of drug-likeness (QED) is 0.293. The molecule has 0 amide bonds. The van der Waals surface area contributed by atoms with Gasteiger partial charge in [-0.2, -0.15) is 5.26 Å². The Kier molecular flexibility index (Phi) is 4.10. The molecule has 1 unspecified atom stereocenters. The number of anilines is 1. The number of nitriles is 1. The Balaban J connectivity index is 2.69. The second-order valence-corrected chi connectivity index (χ2v) is 4.56. The van der Waals surface area contributed by atoms with Crippen LogP contribution in [0.15, 0.2) is 23.8 Å². The Morgan fingerprint density at radius 1 is 1.59 bits per heavy atom. The van der Waals surface area contributed by atoms with E-state index in [0.717, 1.165) is 0 Å². The van der Waals surface area contributed by atoms with Crippen LogP contribution >= 0.6 is 0 Å². The number of fused-ring (bicyclic) bond motifs is 1. The molecule has 0 fully saturated rings. The number of hydrogen-bond donors (Lipinski definition) is 1. The van der Waals surface area contributed by atoms with E-state index in [4.69, 9.17) is 4.74 Å². The number of likely N-dealkylation sites (N-methyl/N-ethyl adjacent to an activating group) is 1. The number of benzene rings is 1. The van der Waals surface area contributed by atoms with Gasteiger partial charge in [-0.1, -0.05) is 0 Å². The molecule has 1 heterocycles. The number of aliphatic hydroxyl groups excluding tert-OH is 1. The smallest absolute Gasteiger partial charge is 0.349 e. The Morgan fingerprint density at radius 2 is 2.27 bits per heavy atom. The van der Waals surface area contributed by atoms with Crippen molar-refractivity contribution >= 4 is 22.9 Å². The maximum atomic E-state index is 11.9. The summed E-state index contributed by atoms with van der Waals surface area (Å²) in [5, 5.41) is 30.4. The highest BCUT2D eigenvalue weighted by atomic mass is 16.6. The fourth-order valence-electron chi connectivity index (χ4n) is 2.31. The van der Waals surface area contributed by atoms with Crippen LogP contribution in [-0.2, 0) is 9.53 Å². The minimum atomic E-state index is -1.25. The van der Waals surface area contributed by atoms with E-state index in [-0.39, 0.29) is 29.0 Å². The van der Waals surface area contributed by atoms with E-state index < -0.39 is 17.1 Å². The fourth-order valence-corrected chi connectivity index (χ4v) is 2.31. The zero-order chi connectivity index (χ0) is 16.4. The molecule has 2 rings (SSSR count). The van der Waals surface area contributed by atoms with Gasteiger partial charge in [-0.25, -0.2) is 4.79 Å². The first kappa shape index (κ1) is 15.5. The van der Waals surface area contributed by atoms with Crippen molar-refractivity contribution in [2.24, 2.45) is 0 Å². The number of aliphatic hydroxyl groups is 1. The summed E-state index contributed by atoms with van der Waals surface area (Å²) in [7, 11) is 1.56. The summed E-state index contributed by atoms with van der Waals surface area (Å²) in [6, 6.07) is 5.70. The molecular formula is C14H13N3O5. The highest BCUT2D eigenvalue weighted by molar-refractivity contribution is 6.06. The summed E-state index contributed by atoms with van der Waals surface area (Å²) in [5.74, 6) is -0.869. The number of carbonyl (C=O) groups excluding carboxylic acids is 1. The maximum absolute atomic E-state index is 11.9. The second-order valence-electron chi connectivity index (χ2n) is 4.56. The molecule has 0 aliphatic carbocycles. The number of esters is 1. The average Bonchev–Trinajstić information content (AvgIpc) is 2.73. The standard InChI is InChI=1S/C14H13N3O5/c1-3-22-14(19)10(7-15)12-9-6-8(17(20)21)4-5-11(9)16(2)13(12)18/h4-6,13,18H,3H2,1-2H3/b12-10-. The molecule has 1 aliphatic rings. The van der Waals surface area contributed by atoms with Gasteiger partial charge >= 0.3 is 5.97 Å². The van der Waals surface area contributed by atoms with Crippen LogP contribution in [0.1, 0.15) is 12.5 Å². The lowest BCUT2D eigenvalue weighted by Gasteiger charge is -2.17. The van der Waals surface area contributed by atoms with Gasteiger partial charge < -0.3 is 14.7 Å². The van der Waals surface area contributed by atoms with Crippen molar-refractivity contribution in [3.8, 4) is 6.07 Å². The van der Waals surface area contributed by atoms with Crippen molar-refractivity contribution < 1.29 is 19.6 Å². The first-order valence-corrected chi connectivity index (χ1v) is 6.43. The number of carbonyl (C=O) groups is 1. The van der Waals surface area contributed by atoms with Crippen LogP contribution in [0, 0.1) is 21.4 Å². The van der Waals surface area contributed by atoms with Crippen molar-refractivity contribution in [1.29, 1.82) is 5.26 Å². The summed E-state index contributed by atoms with van der Waals surface area (Å²) >= 11 is 0. The summed E-state index contributed by atoms with van der Waals surface area (Å²) in [6.45, 7) is 1.67. The zero-order valence-electron chi connectivity index (χ0n) is 11.9. The fraction of sp³-hybridized carbons (Fsp3) is 0.286. The van der Waals surface area contributed by atoms with Gasteiger partial charge in [0.05, 0.1) is 11.5 Å². The van der Waals surface area contributed by atoms with Crippen LogP contribution in [0.3, 0.4) is 0 Å². The van der Waals surface area contributed by atoms with E-state index in [1.165, 1.54) is 23.1 Å². The summed E-state index contributed by atoms with van der Waals surface area (Å²) < 4.78 is 4.80. The van der Waals surface area contributed by atoms with Gasteiger partial charge in [0.15, 0.2) is 6.23 Å². The summed E-state index contributed by atoms with van der Waals surface area (Å²) in [5.41, 5.74) is 0.224.